The molecule has 36 heavy (non-hydrogen) atoms. The summed E-state index contributed by atoms with van der Waals surface area (Å²) in [5.74, 6) is 1.83. The Hall–Kier alpha value is -2.08. The zero-order valence-electron chi connectivity index (χ0n) is 22.6. The number of amides is 2. The average molecular weight is 498 g/mol. The second-order valence-electron chi connectivity index (χ2n) is 11.8. The summed E-state index contributed by atoms with van der Waals surface area (Å²) in [4.78, 5) is 31.2. The van der Waals surface area contributed by atoms with E-state index in [0.717, 1.165) is 70.2 Å². The van der Waals surface area contributed by atoms with Gasteiger partial charge in [-0.15, -0.1) is 0 Å². The summed E-state index contributed by atoms with van der Waals surface area (Å²) in [6.07, 6.45) is 11.3. The highest BCUT2D eigenvalue weighted by Gasteiger charge is 2.42. The van der Waals surface area contributed by atoms with E-state index in [1.807, 2.05) is 11.0 Å². The first-order valence-electron chi connectivity index (χ1n) is 14.5. The van der Waals surface area contributed by atoms with E-state index in [9.17, 15) is 9.59 Å². The summed E-state index contributed by atoms with van der Waals surface area (Å²) in [5.41, 5.74) is 0.888. The molecule has 2 amide bonds. The molecule has 6 heteroatoms. The maximum absolute atomic E-state index is 13.8. The molecular formula is C30H47N3O3. The Morgan fingerprint density at radius 2 is 1.72 bits per heavy atom. The molecule has 0 unspecified atom stereocenters. The summed E-state index contributed by atoms with van der Waals surface area (Å²) < 4.78 is 6.29. The fourth-order valence-corrected chi connectivity index (χ4v) is 6.26. The first-order valence-corrected chi connectivity index (χ1v) is 14.5. The van der Waals surface area contributed by atoms with Crippen LogP contribution in [-0.4, -0.2) is 67.0 Å². The number of carbonyl (C=O) groups is 2. The number of rotatable bonds is 4. The topological polar surface area (TPSA) is 61.9 Å². The largest absolute Gasteiger partial charge is 0.491 e. The van der Waals surface area contributed by atoms with Gasteiger partial charge in [0.25, 0.3) is 0 Å². The summed E-state index contributed by atoms with van der Waals surface area (Å²) >= 11 is 0. The summed E-state index contributed by atoms with van der Waals surface area (Å²) in [6.45, 7) is 8.88. The summed E-state index contributed by atoms with van der Waals surface area (Å²) in [5, 5.41) is 3.41. The first-order chi connectivity index (χ1) is 17.4. The maximum Gasteiger partial charge on any atom is 0.236 e. The minimum absolute atomic E-state index is 0.0121. The van der Waals surface area contributed by atoms with E-state index in [4.69, 9.17) is 4.74 Å². The smallest absolute Gasteiger partial charge is 0.236 e. The van der Waals surface area contributed by atoms with Gasteiger partial charge >= 0.3 is 0 Å². The van der Waals surface area contributed by atoms with Crippen molar-refractivity contribution >= 4 is 11.8 Å². The molecule has 0 saturated carbocycles. The van der Waals surface area contributed by atoms with E-state index in [0.29, 0.717) is 32.2 Å². The van der Waals surface area contributed by atoms with E-state index >= 15 is 0 Å². The third-order valence-electron chi connectivity index (χ3n) is 8.47. The van der Waals surface area contributed by atoms with Gasteiger partial charge in [0.1, 0.15) is 12.4 Å². The molecule has 1 N–H and O–H groups in total. The number of nitrogens with zero attached hydrogens (tertiary/aromatic N) is 2. The van der Waals surface area contributed by atoms with Crippen molar-refractivity contribution in [1.82, 2.24) is 15.1 Å². The Labute approximate surface area is 218 Å². The highest BCUT2D eigenvalue weighted by Crippen LogP contribution is 2.38. The van der Waals surface area contributed by atoms with Gasteiger partial charge in [0.15, 0.2) is 0 Å². The van der Waals surface area contributed by atoms with Gasteiger partial charge < -0.3 is 15.0 Å². The lowest BCUT2D eigenvalue weighted by atomic mass is 9.73. The fraction of sp³-hybridized carbons (Fsp3) is 0.733. The van der Waals surface area contributed by atoms with Crippen molar-refractivity contribution < 1.29 is 14.3 Å². The summed E-state index contributed by atoms with van der Waals surface area (Å²) in [6, 6.07) is 8.33. The number of hydrogen-bond acceptors (Lipinski definition) is 4. The van der Waals surface area contributed by atoms with Gasteiger partial charge in [-0.25, -0.2) is 0 Å². The molecule has 3 heterocycles. The van der Waals surface area contributed by atoms with Crippen LogP contribution < -0.4 is 10.1 Å². The monoisotopic (exact) mass is 497 g/mol. The maximum atomic E-state index is 13.8. The minimum Gasteiger partial charge on any atom is -0.491 e. The molecule has 2 fully saturated rings. The van der Waals surface area contributed by atoms with Gasteiger partial charge in [0, 0.05) is 13.1 Å². The molecule has 1 atom stereocenters. The number of ether oxygens (including phenoxy) is 1. The SMILES string of the molecule is CC(C)C[C@H]1COc2ccccc2CCCCCC2(CCN(C(=O)CN3CCCCC3)CC2)C(=O)N1. The van der Waals surface area contributed by atoms with E-state index in [1.54, 1.807) is 0 Å². The molecule has 0 aromatic heterocycles. The van der Waals surface area contributed by atoms with Crippen LogP contribution in [-0.2, 0) is 16.0 Å². The predicted molar refractivity (Wildman–Crippen MR) is 144 cm³/mol. The van der Waals surface area contributed by atoms with Crippen molar-refractivity contribution in [3.63, 3.8) is 0 Å². The lowest BCUT2D eigenvalue weighted by molar-refractivity contribution is -0.142. The molecule has 0 aliphatic carbocycles. The Morgan fingerprint density at radius 3 is 2.47 bits per heavy atom. The lowest BCUT2D eigenvalue weighted by Crippen LogP contribution is -2.54. The van der Waals surface area contributed by atoms with E-state index in [2.05, 4.69) is 42.3 Å². The second-order valence-corrected chi connectivity index (χ2v) is 11.8. The molecule has 3 aliphatic rings. The van der Waals surface area contributed by atoms with Gasteiger partial charge in [0.05, 0.1) is 18.0 Å². The predicted octanol–water partition coefficient (Wildman–Crippen LogP) is 4.81. The standard InChI is InChI=1S/C30H47N3O3/c1-24(2)21-26-23-36-27-13-7-6-12-25(27)11-5-3-8-14-30(29(35)31-26)15-19-33(20-16-30)28(34)22-32-17-9-4-10-18-32/h6-7,12-13,24,26H,3-5,8-11,14-23H2,1-2H3,(H,31,35)/t26-/m0/s1. The van der Waals surface area contributed by atoms with Gasteiger partial charge in [-0.3, -0.25) is 14.5 Å². The highest BCUT2D eigenvalue weighted by molar-refractivity contribution is 5.84. The number of benzene rings is 1. The Balaban J connectivity index is 1.42. The van der Waals surface area contributed by atoms with Crippen LogP contribution in [0.4, 0.5) is 0 Å². The molecule has 6 nitrogen and oxygen atoms in total. The zero-order valence-corrected chi connectivity index (χ0v) is 22.6. The average Bonchev–Trinajstić information content (AvgIpc) is 2.88. The summed E-state index contributed by atoms with van der Waals surface area (Å²) in [7, 11) is 0. The molecule has 200 valence electrons. The van der Waals surface area contributed by atoms with Crippen molar-refractivity contribution in [2.75, 3.05) is 39.3 Å². The Morgan fingerprint density at radius 1 is 1.00 bits per heavy atom. The third kappa shape index (κ3) is 7.24. The molecule has 0 radical (unpaired) electrons. The third-order valence-corrected chi connectivity index (χ3v) is 8.47. The van der Waals surface area contributed by atoms with Crippen LogP contribution >= 0.6 is 0 Å². The van der Waals surface area contributed by atoms with Crippen LogP contribution in [0.3, 0.4) is 0 Å². The van der Waals surface area contributed by atoms with Crippen molar-refractivity contribution in [1.29, 1.82) is 0 Å². The first kappa shape index (κ1) is 27.0. The van der Waals surface area contributed by atoms with Crippen LogP contribution in [0.15, 0.2) is 24.3 Å². The Bertz CT molecular complexity index is 857. The lowest BCUT2D eigenvalue weighted by Gasteiger charge is -2.42. The van der Waals surface area contributed by atoms with Crippen molar-refractivity contribution in [2.24, 2.45) is 11.3 Å². The van der Waals surface area contributed by atoms with Crippen molar-refractivity contribution in [3.05, 3.63) is 29.8 Å². The Kier molecular flexibility index (Phi) is 9.69. The molecule has 3 aliphatic heterocycles. The number of fused-ring (bicyclic) bond motifs is 1. The van der Waals surface area contributed by atoms with Gasteiger partial charge in [-0.1, -0.05) is 51.3 Å². The number of nitrogens with one attached hydrogen (secondary N) is 1. The van der Waals surface area contributed by atoms with Crippen molar-refractivity contribution in [3.8, 4) is 5.75 Å². The molecular weight excluding hydrogens is 450 g/mol. The normalized spacial score (nSPS) is 24.1. The van der Waals surface area contributed by atoms with E-state index in [-0.39, 0.29) is 23.3 Å². The number of para-hydroxylation sites is 1. The second kappa shape index (κ2) is 12.9. The number of aryl methyl sites for hydroxylation is 1. The van der Waals surface area contributed by atoms with Crippen LogP contribution in [0.2, 0.25) is 0 Å². The van der Waals surface area contributed by atoms with Crippen LogP contribution in [0, 0.1) is 11.3 Å². The quantitative estimate of drug-likeness (QED) is 0.649. The molecule has 2 saturated heterocycles. The number of piperidine rings is 2. The molecule has 4 rings (SSSR count). The number of hydrogen-bond donors (Lipinski definition) is 1. The fourth-order valence-electron chi connectivity index (χ4n) is 6.26. The molecule has 1 aromatic rings. The van der Waals surface area contributed by atoms with E-state index in [1.165, 1.54) is 24.8 Å². The zero-order chi connectivity index (χ0) is 25.4. The van der Waals surface area contributed by atoms with Gasteiger partial charge in [0.2, 0.25) is 11.8 Å². The molecule has 0 bridgehead atoms. The van der Waals surface area contributed by atoms with Gasteiger partial charge in [-0.2, -0.15) is 0 Å². The number of likely N-dealkylation sites (tertiary alicyclic amines) is 2. The van der Waals surface area contributed by atoms with Crippen LogP contribution in [0.1, 0.15) is 83.6 Å². The van der Waals surface area contributed by atoms with Gasteiger partial charge in [-0.05, 0) is 82.0 Å². The minimum atomic E-state index is -0.377. The molecule has 1 aromatic carbocycles. The molecule has 1 spiro atoms. The van der Waals surface area contributed by atoms with Crippen molar-refractivity contribution in [2.45, 2.75) is 90.5 Å². The van der Waals surface area contributed by atoms with Crippen LogP contribution in [0.5, 0.6) is 5.75 Å². The highest BCUT2D eigenvalue weighted by atomic mass is 16.5. The number of carbonyl (C=O) groups excluding carboxylic acids is 2. The van der Waals surface area contributed by atoms with E-state index < -0.39 is 0 Å². The van der Waals surface area contributed by atoms with Crippen LogP contribution in [0.25, 0.3) is 0 Å².